The maximum Gasteiger partial charge on any atom is 0.265 e. The monoisotopic (exact) mass is 336 g/mol. The van der Waals surface area contributed by atoms with Crippen LogP contribution in [0.25, 0.3) is 0 Å². The fourth-order valence-electron chi connectivity index (χ4n) is 1.58. The minimum absolute atomic E-state index is 0.268. The van der Waals surface area contributed by atoms with Crippen molar-refractivity contribution in [3.8, 4) is 0 Å². The van der Waals surface area contributed by atoms with Crippen LogP contribution in [-0.2, 0) is 5.75 Å². The summed E-state index contributed by atoms with van der Waals surface area (Å²) in [4.78, 5) is 12.6. The van der Waals surface area contributed by atoms with E-state index in [1.54, 1.807) is 17.8 Å². The molecular formula is C14H13BrN2OS. The van der Waals surface area contributed by atoms with E-state index in [2.05, 4.69) is 33.5 Å². The van der Waals surface area contributed by atoms with Crippen LogP contribution in [0.1, 0.15) is 15.9 Å². The van der Waals surface area contributed by atoms with Crippen LogP contribution in [0.2, 0.25) is 0 Å². The van der Waals surface area contributed by atoms with Crippen molar-refractivity contribution in [2.45, 2.75) is 10.6 Å². The minimum Gasteiger partial charge on any atom is -0.290 e. The van der Waals surface area contributed by atoms with Crippen LogP contribution in [-0.4, -0.2) is 5.91 Å². The van der Waals surface area contributed by atoms with E-state index in [-0.39, 0.29) is 5.91 Å². The molecule has 0 atom stereocenters. The number of thioether (sulfide) groups is 1. The van der Waals surface area contributed by atoms with Crippen molar-refractivity contribution >= 4 is 33.6 Å². The average molecular weight is 337 g/mol. The second-order valence-corrected chi connectivity index (χ2v) is 5.88. The Kier molecular flexibility index (Phi) is 5.01. The molecule has 0 heterocycles. The van der Waals surface area contributed by atoms with Crippen LogP contribution in [0.4, 0.5) is 0 Å². The maximum atomic E-state index is 11.4. The zero-order valence-corrected chi connectivity index (χ0v) is 12.5. The summed E-state index contributed by atoms with van der Waals surface area (Å²) in [7, 11) is 0. The normalized spacial score (nSPS) is 10.2. The number of benzene rings is 2. The number of nitrogens with two attached hydrogens (primary N) is 1. The Morgan fingerprint density at radius 1 is 1.21 bits per heavy atom. The number of nitrogen functional groups attached to an aromatic ring is 1. The van der Waals surface area contributed by atoms with Crippen molar-refractivity contribution in [3.63, 3.8) is 0 Å². The van der Waals surface area contributed by atoms with Gasteiger partial charge in [-0.2, -0.15) is 0 Å². The first-order valence-corrected chi connectivity index (χ1v) is 7.45. The number of halogens is 1. The fraction of sp³-hybridized carbons (Fsp3) is 0.0714. The topological polar surface area (TPSA) is 55.1 Å². The Labute approximate surface area is 124 Å². The minimum atomic E-state index is -0.268. The summed E-state index contributed by atoms with van der Waals surface area (Å²) in [5.74, 6) is 5.67. The van der Waals surface area contributed by atoms with Crippen molar-refractivity contribution in [2.24, 2.45) is 5.84 Å². The molecule has 3 nitrogen and oxygen atoms in total. The summed E-state index contributed by atoms with van der Waals surface area (Å²) < 4.78 is 1.07. The first-order valence-electron chi connectivity index (χ1n) is 5.67. The molecule has 3 N–H and O–H groups in total. The van der Waals surface area contributed by atoms with E-state index >= 15 is 0 Å². The molecule has 0 fully saturated rings. The van der Waals surface area contributed by atoms with Gasteiger partial charge in [0, 0.05) is 20.7 Å². The molecule has 0 saturated heterocycles. The lowest BCUT2D eigenvalue weighted by molar-refractivity contribution is 0.0953. The van der Waals surface area contributed by atoms with E-state index in [4.69, 9.17) is 5.84 Å². The van der Waals surface area contributed by atoms with Gasteiger partial charge in [0.15, 0.2) is 0 Å². The molecular weight excluding hydrogens is 324 g/mol. The zero-order chi connectivity index (χ0) is 13.7. The summed E-state index contributed by atoms with van der Waals surface area (Å²) >= 11 is 5.14. The van der Waals surface area contributed by atoms with Crippen molar-refractivity contribution in [1.82, 2.24) is 5.43 Å². The Morgan fingerprint density at radius 2 is 1.95 bits per heavy atom. The van der Waals surface area contributed by atoms with Gasteiger partial charge >= 0.3 is 0 Å². The number of amides is 1. The molecule has 1 amide bonds. The van der Waals surface area contributed by atoms with Gasteiger partial charge in [-0.25, -0.2) is 5.84 Å². The molecule has 0 spiro atoms. The Bertz CT molecular complexity index is 572. The van der Waals surface area contributed by atoms with Crippen molar-refractivity contribution in [3.05, 3.63) is 64.1 Å². The van der Waals surface area contributed by atoms with Gasteiger partial charge in [-0.05, 0) is 42.0 Å². The number of hydrazine groups is 1. The van der Waals surface area contributed by atoms with Crippen LogP contribution < -0.4 is 11.3 Å². The fourth-order valence-corrected chi connectivity index (χ4v) is 2.69. The average Bonchev–Trinajstić information content (AvgIpc) is 2.46. The molecule has 2 aromatic rings. The smallest absolute Gasteiger partial charge is 0.265 e. The molecule has 0 aliphatic rings. The van der Waals surface area contributed by atoms with Crippen LogP contribution in [0.3, 0.4) is 0 Å². The van der Waals surface area contributed by atoms with E-state index in [0.29, 0.717) is 5.56 Å². The highest BCUT2D eigenvalue weighted by molar-refractivity contribution is 9.10. The highest BCUT2D eigenvalue weighted by Crippen LogP contribution is 2.24. The van der Waals surface area contributed by atoms with Gasteiger partial charge in [0.1, 0.15) is 0 Å². The van der Waals surface area contributed by atoms with Gasteiger partial charge in [-0.3, -0.25) is 10.2 Å². The molecule has 0 unspecified atom stereocenters. The molecule has 0 aliphatic heterocycles. The second-order valence-electron chi connectivity index (χ2n) is 3.92. The van der Waals surface area contributed by atoms with Crippen LogP contribution in [0, 0.1) is 0 Å². The lowest BCUT2D eigenvalue weighted by atomic mass is 10.1. The van der Waals surface area contributed by atoms with Crippen LogP contribution >= 0.6 is 27.7 Å². The molecule has 0 bridgehead atoms. The molecule has 2 rings (SSSR count). The third-order valence-electron chi connectivity index (χ3n) is 2.54. The quantitative estimate of drug-likeness (QED) is 0.389. The van der Waals surface area contributed by atoms with Gasteiger partial charge in [0.25, 0.3) is 5.91 Å². The van der Waals surface area contributed by atoms with Crippen LogP contribution in [0.5, 0.6) is 0 Å². The standard InChI is InChI=1S/C14H13BrN2OS/c15-12-4-6-13(7-5-12)19-9-10-2-1-3-11(8-10)14(18)17-16/h1-8H,9,16H2,(H,17,18). The first-order chi connectivity index (χ1) is 9.19. The van der Waals surface area contributed by atoms with Crippen molar-refractivity contribution < 1.29 is 4.79 Å². The molecule has 0 aliphatic carbocycles. The lowest BCUT2D eigenvalue weighted by Gasteiger charge is -2.05. The zero-order valence-electron chi connectivity index (χ0n) is 10.1. The van der Waals surface area contributed by atoms with E-state index in [1.807, 2.05) is 30.3 Å². The van der Waals surface area contributed by atoms with Gasteiger partial charge in [0.05, 0.1) is 0 Å². The third kappa shape index (κ3) is 4.09. The van der Waals surface area contributed by atoms with Gasteiger partial charge in [-0.15, -0.1) is 11.8 Å². The van der Waals surface area contributed by atoms with Crippen LogP contribution in [0.15, 0.2) is 57.9 Å². The van der Waals surface area contributed by atoms with Gasteiger partial charge in [0.2, 0.25) is 0 Å². The molecule has 0 aromatic heterocycles. The molecule has 19 heavy (non-hydrogen) atoms. The number of carbonyl (C=O) groups is 1. The second kappa shape index (κ2) is 6.75. The highest BCUT2D eigenvalue weighted by atomic mass is 79.9. The van der Waals surface area contributed by atoms with E-state index in [1.165, 1.54) is 4.90 Å². The molecule has 98 valence electrons. The Morgan fingerprint density at radius 3 is 2.63 bits per heavy atom. The lowest BCUT2D eigenvalue weighted by Crippen LogP contribution is -2.29. The summed E-state index contributed by atoms with van der Waals surface area (Å²) in [6.45, 7) is 0. The number of carbonyl (C=O) groups excluding carboxylic acids is 1. The number of hydrogen-bond acceptors (Lipinski definition) is 3. The summed E-state index contributed by atoms with van der Waals surface area (Å²) in [5, 5.41) is 0. The molecule has 2 aromatic carbocycles. The summed E-state index contributed by atoms with van der Waals surface area (Å²) in [6.07, 6.45) is 0. The maximum absolute atomic E-state index is 11.4. The Hall–Kier alpha value is -1.30. The predicted molar refractivity (Wildman–Crippen MR) is 81.8 cm³/mol. The van der Waals surface area contributed by atoms with E-state index in [0.717, 1.165) is 15.8 Å². The summed E-state index contributed by atoms with van der Waals surface area (Å²) in [5.41, 5.74) is 3.81. The SMILES string of the molecule is NNC(=O)c1cccc(CSc2ccc(Br)cc2)c1. The number of nitrogens with one attached hydrogen (secondary N) is 1. The first kappa shape index (κ1) is 14.1. The molecule has 5 heteroatoms. The Balaban J connectivity index is 2.03. The van der Waals surface area contributed by atoms with E-state index < -0.39 is 0 Å². The number of hydrogen-bond donors (Lipinski definition) is 2. The van der Waals surface area contributed by atoms with Crippen molar-refractivity contribution in [1.29, 1.82) is 0 Å². The largest absolute Gasteiger partial charge is 0.290 e. The highest BCUT2D eigenvalue weighted by Gasteiger charge is 2.04. The summed E-state index contributed by atoms with van der Waals surface area (Å²) in [6, 6.07) is 15.6. The third-order valence-corrected chi connectivity index (χ3v) is 4.15. The van der Waals surface area contributed by atoms with Gasteiger partial charge < -0.3 is 0 Å². The molecule has 0 radical (unpaired) electrons. The number of rotatable bonds is 4. The van der Waals surface area contributed by atoms with E-state index in [9.17, 15) is 4.79 Å². The molecule has 0 saturated carbocycles. The predicted octanol–water partition coefficient (Wildman–Crippen LogP) is 3.34. The van der Waals surface area contributed by atoms with Gasteiger partial charge in [-0.1, -0.05) is 28.1 Å². The van der Waals surface area contributed by atoms with Crippen molar-refractivity contribution in [2.75, 3.05) is 0 Å².